The predicted octanol–water partition coefficient (Wildman–Crippen LogP) is 1.08. The first-order valence-electron chi connectivity index (χ1n) is 3.76. The zero-order chi connectivity index (χ0) is 8.81. The largest absolute Gasteiger partial charge is 0.372 e. The van der Waals surface area contributed by atoms with Crippen LogP contribution in [0.25, 0.3) is 0 Å². The van der Waals surface area contributed by atoms with Gasteiger partial charge in [-0.3, -0.25) is 0 Å². The molecule has 3 heteroatoms. The van der Waals surface area contributed by atoms with Gasteiger partial charge in [0.05, 0.1) is 6.07 Å². The van der Waals surface area contributed by atoms with Crippen LogP contribution in [0.2, 0.25) is 0 Å². The van der Waals surface area contributed by atoms with E-state index in [1.165, 1.54) is 0 Å². The lowest BCUT2D eigenvalue weighted by Gasteiger charge is -2.01. The molecule has 0 saturated carbocycles. The van der Waals surface area contributed by atoms with E-state index in [0.717, 1.165) is 11.3 Å². The fourth-order valence-electron chi connectivity index (χ4n) is 0.900. The van der Waals surface area contributed by atoms with Crippen LogP contribution in [0.15, 0.2) is 24.3 Å². The molecule has 1 aromatic carbocycles. The van der Waals surface area contributed by atoms with E-state index in [9.17, 15) is 0 Å². The monoisotopic (exact) mass is 161 g/mol. The first kappa shape index (κ1) is 8.57. The highest BCUT2D eigenvalue weighted by Gasteiger charge is 1.90. The number of nitriles is 1. The highest BCUT2D eigenvalue weighted by molar-refractivity contribution is 5.45. The summed E-state index contributed by atoms with van der Waals surface area (Å²) in [6, 6.07) is 9.73. The van der Waals surface area contributed by atoms with Crippen molar-refractivity contribution in [3.8, 4) is 6.07 Å². The lowest BCUT2D eigenvalue weighted by atomic mass is 10.2. The molecule has 0 aliphatic rings. The van der Waals surface area contributed by atoms with E-state index in [1.807, 2.05) is 30.3 Å². The standard InChI is InChI=1S/C9H11N3/c10-5-6-12-9-3-1-8(7-11)2-4-9/h1-4,12H,6-7,11H2. The Morgan fingerprint density at radius 3 is 2.50 bits per heavy atom. The van der Waals surface area contributed by atoms with Crippen LogP contribution in [0, 0.1) is 11.3 Å². The molecule has 0 amide bonds. The molecule has 0 radical (unpaired) electrons. The van der Waals surface area contributed by atoms with E-state index in [1.54, 1.807) is 0 Å². The molecule has 1 aromatic rings. The summed E-state index contributed by atoms with van der Waals surface area (Å²) in [4.78, 5) is 0. The van der Waals surface area contributed by atoms with E-state index in [4.69, 9.17) is 11.0 Å². The first-order valence-corrected chi connectivity index (χ1v) is 3.76. The van der Waals surface area contributed by atoms with E-state index in [-0.39, 0.29) is 0 Å². The third kappa shape index (κ3) is 2.26. The van der Waals surface area contributed by atoms with Crippen LogP contribution in [0.1, 0.15) is 5.56 Å². The quantitative estimate of drug-likeness (QED) is 0.652. The summed E-state index contributed by atoms with van der Waals surface area (Å²) < 4.78 is 0. The molecule has 3 N–H and O–H groups in total. The zero-order valence-corrected chi connectivity index (χ0v) is 6.75. The molecule has 1 rings (SSSR count). The van der Waals surface area contributed by atoms with Crippen LogP contribution in [0.4, 0.5) is 5.69 Å². The number of nitrogens with two attached hydrogens (primary N) is 1. The van der Waals surface area contributed by atoms with Gasteiger partial charge in [-0.1, -0.05) is 12.1 Å². The summed E-state index contributed by atoms with van der Waals surface area (Å²) in [5, 5.41) is 11.2. The van der Waals surface area contributed by atoms with Gasteiger partial charge >= 0.3 is 0 Å². The van der Waals surface area contributed by atoms with Crippen molar-refractivity contribution < 1.29 is 0 Å². The van der Waals surface area contributed by atoms with Crippen molar-refractivity contribution in [2.24, 2.45) is 5.73 Å². The van der Waals surface area contributed by atoms with Crippen molar-refractivity contribution >= 4 is 5.69 Å². The Morgan fingerprint density at radius 1 is 1.33 bits per heavy atom. The van der Waals surface area contributed by atoms with Gasteiger partial charge in [0, 0.05) is 12.2 Å². The highest BCUT2D eigenvalue weighted by Crippen LogP contribution is 2.07. The SMILES string of the molecule is N#CCNc1ccc(CN)cc1. The maximum atomic E-state index is 8.30. The topological polar surface area (TPSA) is 61.8 Å². The number of hydrogen-bond acceptors (Lipinski definition) is 3. The van der Waals surface area contributed by atoms with Gasteiger partial charge in [0.25, 0.3) is 0 Å². The Hall–Kier alpha value is -1.53. The van der Waals surface area contributed by atoms with Gasteiger partial charge in [0.1, 0.15) is 6.54 Å². The molecule has 0 atom stereocenters. The number of rotatable bonds is 3. The zero-order valence-electron chi connectivity index (χ0n) is 6.75. The minimum absolute atomic E-state index is 0.335. The molecule has 0 aromatic heterocycles. The molecule has 0 aliphatic heterocycles. The van der Waals surface area contributed by atoms with Crippen molar-refractivity contribution in [1.82, 2.24) is 0 Å². The second-order valence-electron chi connectivity index (χ2n) is 2.41. The molecular weight excluding hydrogens is 150 g/mol. The summed E-state index contributed by atoms with van der Waals surface area (Å²) in [7, 11) is 0. The van der Waals surface area contributed by atoms with Gasteiger partial charge in [-0.25, -0.2) is 0 Å². The Kier molecular flexibility index (Phi) is 3.12. The first-order chi connectivity index (χ1) is 5.86. The van der Waals surface area contributed by atoms with Gasteiger partial charge in [-0.05, 0) is 17.7 Å². The molecule has 0 bridgehead atoms. The summed E-state index contributed by atoms with van der Waals surface area (Å²) in [6.07, 6.45) is 0. The average molecular weight is 161 g/mol. The highest BCUT2D eigenvalue weighted by atomic mass is 14.9. The van der Waals surface area contributed by atoms with E-state index in [2.05, 4.69) is 5.32 Å². The Labute approximate surface area is 71.8 Å². The van der Waals surface area contributed by atoms with Crippen LogP contribution in [0.3, 0.4) is 0 Å². The van der Waals surface area contributed by atoms with Crippen molar-refractivity contribution in [3.63, 3.8) is 0 Å². The normalized spacial score (nSPS) is 9.00. The lowest BCUT2D eigenvalue weighted by molar-refractivity contribution is 1.07. The van der Waals surface area contributed by atoms with Gasteiger partial charge < -0.3 is 11.1 Å². The molecule has 0 aliphatic carbocycles. The van der Waals surface area contributed by atoms with E-state index >= 15 is 0 Å². The smallest absolute Gasteiger partial charge is 0.103 e. The van der Waals surface area contributed by atoms with Crippen molar-refractivity contribution in [3.05, 3.63) is 29.8 Å². The number of hydrogen-bond donors (Lipinski definition) is 2. The maximum Gasteiger partial charge on any atom is 0.103 e. The van der Waals surface area contributed by atoms with Crippen LogP contribution in [0.5, 0.6) is 0 Å². The molecule has 12 heavy (non-hydrogen) atoms. The minimum Gasteiger partial charge on any atom is -0.372 e. The third-order valence-electron chi connectivity index (χ3n) is 1.56. The van der Waals surface area contributed by atoms with Gasteiger partial charge in [0.15, 0.2) is 0 Å². The Morgan fingerprint density at radius 2 is 2.00 bits per heavy atom. The van der Waals surface area contributed by atoms with E-state index in [0.29, 0.717) is 13.1 Å². The number of benzene rings is 1. The predicted molar refractivity (Wildman–Crippen MR) is 48.4 cm³/mol. The summed E-state index contributed by atoms with van der Waals surface area (Å²) >= 11 is 0. The Bertz CT molecular complexity index is 271. The summed E-state index contributed by atoms with van der Waals surface area (Å²) in [5.74, 6) is 0. The molecule has 0 saturated heterocycles. The molecular formula is C9H11N3. The summed E-state index contributed by atoms with van der Waals surface area (Å²) in [6.45, 7) is 0.889. The average Bonchev–Trinajstić information content (AvgIpc) is 2.15. The molecule has 0 unspecified atom stereocenters. The van der Waals surface area contributed by atoms with Crippen LogP contribution in [-0.2, 0) is 6.54 Å². The van der Waals surface area contributed by atoms with E-state index < -0.39 is 0 Å². The number of anilines is 1. The molecule has 3 nitrogen and oxygen atoms in total. The minimum atomic E-state index is 0.335. The fourth-order valence-corrected chi connectivity index (χ4v) is 0.900. The molecule has 0 heterocycles. The number of nitrogens with zero attached hydrogens (tertiary/aromatic N) is 1. The molecule has 62 valence electrons. The van der Waals surface area contributed by atoms with Crippen LogP contribution < -0.4 is 11.1 Å². The van der Waals surface area contributed by atoms with Gasteiger partial charge in [-0.2, -0.15) is 5.26 Å². The molecule has 0 fully saturated rings. The van der Waals surface area contributed by atoms with Gasteiger partial charge in [0.2, 0.25) is 0 Å². The van der Waals surface area contributed by atoms with Crippen molar-refractivity contribution in [2.45, 2.75) is 6.54 Å². The van der Waals surface area contributed by atoms with Crippen LogP contribution in [-0.4, -0.2) is 6.54 Å². The van der Waals surface area contributed by atoms with Crippen molar-refractivity contribution in [2.75, 3.05) is 11.9 Å². The lowest BCUT2D eigenvalue weighted by Crippen LogP contribution is -1.99. The third-order valence-corrected chi connectivity index (χ3v) is 1.56. The second-order valence-corrected chi connectivity index (χ2v) is 2.41. The molecule has 0 spiro atoms. The number of nitrogens with one attached hydrogen (secondary N) is 1. The Balaban J connectivity index is 2.60. The van der Waals surface area contributed by atoms with Crippen LogP contribution >= 0.6 is 0 Å². The second kappa shape index (κ2) is 4.37. The van der Waals surface area contributed by atoms with Gasteiger partial charge in [-0.15, -0.1) is 0 Å². The maximum absolute atomic E-state index is 8.30. The summed E-state index contributed by atoms with van der Waals surface area (Å²) in [5.41, 5.74) is 7.47. The fraction of sp³-hybridized carbons (Fsp3) is 0.222. The van der Waals surface area contributed by atoms with Crippen molar-refractivity contribution in [1.29, 1.82) is 5.26 Å².